The van der Waals surface area contributed by atoms with Gasteiger partial charge < -0.3 is 19.5 Å². The lowest BCUT2D eigenvalue weighted by molar-refractivity contribution is 0.0812. The van der Waals surface area contributed by atoms with E-state index in [9.17, 15) is 13.5 Å². The predicted molar refractivity (Wildman–Crippen MR) is 128 cm³/mol. The van der Waals surface area contributed by atoms with Crippen LogP contribution in [0.4, 0.5) is 0 Å². The zero-order chi connectivity index (χ0) is 24.2. The quantitative estimate of drug-likeness (QED) is 0.674. The minimum Gasteiger partial charge on any atom is -0.497 e. The number of likely N-dealkylation sites (N-methyl/N-ethyl adjacent to an activating group) is 1. The molecule has 8 heteroatoms. The highest BCUT2D eigenvalue weighted by Gasteiger charge is 2.37. The number of aliphatic hydroxyl groups is 1. The van der Waals surface area contributed by atoms with Crippen LogP contribution in [0.15, 0.2) is 47.4 Å². The van der Waals surface area contributed by atoms with E-state index in [0.717, 1.165) is 11.3 Å². The van der Waals surface area contributed by atoms with Crippen molar-refractivity contribution in [3.05, 3.63) is 53.6 Å². The van der Waals surface area contributed by atoms with Gasteiger partial charge in [-0.2, -0.15) is 4.31 Å². The van der Waals surface area contributed by atoms with Gasteiger partial charge in [0.1, 0.15) is 22.5 Å². The smallest absolute Gasteiger partial charge is 0.247 e. The normalized spacial score (nSPS) is 21.1. The Labute approximate surface area is 197 Å². The standard InChI is InChI=1S/C25H32N2O5S/c1-18-15-27(19(2)17-28)33(29,30)25-13-10-21(14-23(25)32-24(18)16-26(3)4)7-6-20-8-11-22(31-5)12-9-20/h8-14,18-19,24,28H,15-17H2,1-5H3/t18-,19-,24-/m0/s1. The average molecular weight is 473 g/mol. The molecule has 178 valence electrons. The van der Waals surface area contributed by atoms with E-state index in [1.807, 2.05) is 50.2 Å². The lowest BCUT2D eigenvalue weighted by Crippen LogP contribution is -2.49. The Balaban J connectivity index is 2.04. The zero-order valence-corrected chi connectivity index (χ0v) is 20.6. The van der Waals surface area contributed by atoms with Crippen LogP contribution in [0.2, 0.25) is 0 Å². The number of ether oxygens (including phenoxy) is 2. The van der Waals surface area contributed by atoms with Gasteiger partial charge in [-0.3, -0.25) is 0 Å². The average Bonchev–Trinajstić information content (AvgIpc) is 2.79. The first-order valence-electron chi connectivity index (χ1n) is 10.9. The molecule has 0 saturated carbocycles. The van der Waals surface area contributed by atoms with Gasteiger partial charge in [0.25, 0.3) is 0 Å². The van der Waals surface area contributed by atoms with Crippen molar-refractivity contribution in [1.29, 1.82) is 0 Å². The van der Waals surface area contributed by atoms with Gasteiger partial charge in [0.05, 0.1) is 13.7 Å². The minimum atomic E-state index is -3.86. The van der Waals surface area contributed by atoms with Gasteiger partial charge in [-0.15, -0.1) is 0 Å². The highest BCUT2D eigenvalue weighted by atomic mass is 32.2. The third kappa shape index (κ3) is 5.87. The van der Waals surface area contributed by atoms with Crippen molar-refractivity contribution in [2.45, 2.75) is 30.9 Å². The number of rotatable bonds is 5. The van der Waals surface area contributed by atoms with Crippen LogP contribution in [0.3, 0.4) is 0 Å². The second-order valence-corrected chi connectivity index (χ2v) is 10.5. The molecule has 1 N–H and O–H groups in total. The maximum absolute atomic E-state index is 13.5. The van der Waals surface area contributed by atoms with Crippen LogP contribution >= 0.6 is 0 Å². The number of nitrogens with zero attached hydrogens (tertiary/aromatic N) is 2. The molecule has 3 rings (SSSR count). The molecule has 0 fully saturated rings. The van der Waals surface area contributed by atoms with Crippen LogP contribution in [-0.4, -0.2) is 75.8 Å². The number of benzene rings is 2. The Bertz CT molecular complexity index is 1120. The van der Waals surface area contributed by atoms with Gasteiger partial charge in [-0.25, -0.2) is 8.42 Å². The summed E-state index contributed by atoms with van der Waals surface area (Å²) in [5.74, 6) is 7.14. The van der Waals surface area contributed by atoms with Crippen LogP contribution in [0.1, 0.15) is 25.0 Å². The van der Waals surface area contributed by atoms with E-state index in [-0.39, 0.29) is 35.8 Å². The Morgan fingerprint density at radius 2 is 1.82 bits per heavy atom. The number of methoxy groups -OCH3 is 1. The summed E-state index contributed by atoms with van der Waals surface area (Å²) in [5, 5.41) is 9.71. The molecule has 0 spiro atoms. The van der Waals surface area contributed by atoms with Crippen LogP contribution in [0.25, 0.3) is 0 Å². The molecule has 3 atom stereocenters. The summed E-state index contributed by atoms with van der Waals surface area (Å²) in [7, 11) is 1.66. The summed E-state index contributed by atoms with van der Waals surface area (Å²) in [6, 6.07) is 11.8. The summed E-state index contributed by atoms with van der Waals surface area (Å²) < 4.78 is 39.8. The lowest BCUT2D eigenvalue weighted by Gasteiger charge is -2.37. The molecule has 2 aromatic rings. The fraction of sp³-hybridized carbons (Fsp3) is 0.440. The third-order valence-electron chi connectivity index (χ3n) is 5.65. The first kappa shape index (κ1) is 25.1. The van der Waals surface area contributed by atoms with Gasteiger partial charge in [-0.05, 0) is 63.5 Å². The maximum Gasteiger partial charge on any atom is 0.247 e. The third-order valence-corrected chi connectivity index (χ3v) is 7.67. The molecule has 0 amide bonds. The summed E-state index contributed by atoms with van der Waals surface area (Å²) in [4.78, 5) is 2.11. The van der Waals surface area contributed by atoms with E-state index in [1.54, 1.807) is 32.2 Å². The predicted octanol–water partition coefficient (Wildman–Crippen LogP) is 2.43. The molecule has 1 heterocycles. The number of hydrogen-bond donors (Lipinski definition) is 1. The van der Waals surface area contributed by atoms with E-state index in [2.05, 4.69) is 11.8 Å². The van der Waals surface area contributed by atoms with Crippen molar-refractivity contribution in [3.63, 3.8) is 0 Å². The molecule has 0 unspecified atom stereocenters. The summed E-state index contributed by atoms with van der Waals surface area (Å²) >= 11 is 0. The first-order chi connectivity index (χ1) is 15.6. The van der Waals surface area contributed by atoms with Crippen molar-refractivity contribution in [2.75, 3.05) is 40.9 Å². The Morgan fingerprint density at radius 3 is 2.42 bits per heavy atom. The Kier molecular flexibility index (Phi) is 8.03. The molecule has 0 bridgehead atoms. The zero-order valence-electron chi connectivity index (χ0n) is 19.8. The van der Waals surface area contributed by atoms with Crippen LogP contribution < -0.4 is 9.47 Å². The van der Waals surface area contributed by atoms with E-state index < -0.39 is 16.1 Å². The molecule has 0 aliphatic carbocycles. The Morgan fingerprint density at radius 1 is 1.18 bits per heavy atom. The van der Waals surface area contributed by atoms with Crippen molar-refractivity contribution in [3.8, 4) is 23.3 Å². The van der Waals surface area contributed by atoms with E-state index >= 15 is 0 Å². The van der Waals surface area contributed by atoms with Gasteiger partial charge >= 0.3 is 0 Å². The molecule has 0 saturated heterocycles. The molecular formula is C25H32N2O5S. The topological polar surface area (TPSA) is 79.3 Å². The van der Waals surface area contributed by atoms with Gasteiger partial charge in [0.15, 0.2) is 0 Å². The minimum absolute atomic E-state index is 0.0848. The second kappa shape index (κ2) is 10.6. The Hall–Kier alpha value is -2.57. The van der Waals surface area contributed by atoms with Crippen LogP contribution in [-0.2, 0) is 10.0 Å². The molecule has 1 aliphatic rings. The van der Waals surface area contributed by atoms with Crippen molar-refractivity contribution < 1.29 is 23.0 Å². The van der Waals surface area contributed by atoms with Crippen molar-refractivity contribution in [2.24, 2.45) is 5.92 Å². The largest absolute Gasteiger partial charge is 0.497 e. The molecule has 0 aromatic heterocycles. The summed E-state index contributed by atoms with van der Waals surface area (Å²) in [5.41, 5.74) is 1.47. The van der Waals surface area contributed by atoms with E-state index in [0.29, 0.717) is 12.1 Å². The molecule has 2 aromatic carbocycles. The van der Waals surface area contributed by atoms with E-state index in [4.69, 9.17) is 9.47 Å². The monoisotopic (exact) mass is 472 g/mol. The van der Waals surface area contributed by atoms with Crippen LogP contribution in [0, 0.1) is 17.8 Å². The van der Waals surface area contributed by atoms with Gasteiger partial charge in [-0.1, -0.05) is 18.8 Å². The first-order valence-corrected chi connectivity index (χ1v) is 12.3. The molecule has 1 aliphatic heterocycles. The highest BCUT2D eigenvalue weighted by Crippen LogP contribution is 2.34. The van der Waals surface area contributed by atoms with E-state index in [1.165, 1.54) is 4.31 Å². The lowest BCUT2D eigenvalue weighted by atomic mass is 10.0. The SMILES string of the molecule is COc1ccc(C#Cc2ccc3c(c2)O[C@@H](CN(C)C)[C@@H](C)CN([C@@H](C)CO)S3(=O)=O)cc1. The highest BCUT2D eigenvalue weighted by molar-refractivity contribution is 7.89. The summed E-state index contributed by atoms with van der Waals surface area (Å²) in [6.07, 6.45) is -0.229. The number of aliphatic hydroxyl groups excluding tert-OH is 1. The number of hydrogen-bond acceptors (Lipinski definition) is 6. The number of sulfonamides is 1. The molecular weight excluding hydrogens is 440 g/mol. The fourth-order valence-electron chi connectivity index (χ4n) is 3.70. The van der Waals surface area contributed by atoms with Crippen LogP contribution in [0.5, 0.6) is 11.5 Å². The summed E-state index contributed by atoms with van der Waals surface area (Å²) in [6.45, 7) is 4.32. The second-order valence-electron chi connectivity index (χ2n) is 8.64. The van der Waals surface area contributed by atoms with Crippen molar-refractivity contribution in [1.82, 2.24) is 9.21 Å². The van der Waals surface area contributed by atoms with Gasteiger partial charge in [0, 0.05) is 36.2 Å². The molecule has 7 nitrogen and oxygen atoms in total. The fourth-order valence-corrected chi connectivity index (χ4v) is 5.53. The molecule has 0 radical (unpaired) electrons. The maximum atomic E-state index is 13.5. The van der Waals surface area contributed by atoms with Crippen molar-refractivity contribution >= 4 is 10.0 Å². The molecule has 33 heavy (non-hydrogen) atoms. The van der Waals surface area contributed by atoms with Gasteiger partial charge in [0.2, 0.25) is 10.0 Å². The number of fused-ring (bicyclic) bond motifs is 1.